The minimum absolute atomic E-state index is 0.754. The number of rotatable bonds is 7. The molecule has 42 heavy (non-hydrogen) atoms. The van der Waals surface area contributed by atoms with Gasteiger partial charge in [0.15, 0.2) is 0 Å². The van der Waals surface area contributed by atoms with Crippen LogP contribution in [0.1, 0.15) is 43.6 Å². The van der Waals surface area contributed by atoms with E-state index in [-0.39, 0.29) is 0 Å². The van der Waals surface area contributed by atoms with E-state index in [9.17, 15) is 47.9 Å². The molecule has 1 aliphatic rings. The third-order valence-corrected chi connectivity index (χ3v) is 7.60. The minimum atomic E-state index is -7.37. The highest BCUT2D eigenvalue weighted by atomic mass is 32.2. The van der Waals surface area contributed by atoms with E-state index in [2.05, 4.69) is 89.8 Å². The molecule has 3 aromatic rings. The van der Waals surface area contributed by atoms with Crippen LogP contribution in [-0.2, 0) is 10.1 Å². The molecule has 0 bridgehead atoms. The lowest BCUT2D eigenvalue weighted by atomic mass is 9.84. The molecule has 0 aromatic heterocycles. The Balaban J connectivity index is 0.000000252. The van der Waals surface area contributed by atoms with Gasteiger partial charge in [0.05, 0.1) is 0 Å². The van der Waals surface area contributed by atoms with E-state index in [1.807, 2.05) is 0 Å². The maximum Gasteiger partial charge on any atom is 0.460 e. The fraction of sp³-hybridized carbons (Fsp3) is 0.357. The molecule has 0 saturated heterocycles. The molecule has 4 rings (SSSR count). The molecule has 0 heterocycles. The van der Waals surface area contributed by atoms with Crippen molar-refractivity contribution in [3.8, 4) is 0 Å². The predicted octanol–water partition coefficient (Wildman–Crippen LogP) is 9.50. The van der Waals surface area contributed by atoms with Crippen LogP contribution in [0, 0.1) is 0 Å². The second kappa shape index (κ2) is 12.5. The van der Waals surface area contributed by atoms with Crippen LogP contribution in [0.4, 0.5) is 56.6 Å². The largest absolute Gasteiger partial charge is 0.460 e. The Kier molecular flexibility index (Phi) is 9.92. The number of anilines is 3. The van der Waals surface area contributed by atoms with Gasteiger partial charge in [-0.2, -0.15) is 47.9 Å². The van der Waals surface area contributed by atoms with Gasteiger partial charge >= 0.3 is 33.4 Å². The molecule has 0 aliphatic heterocycles. The summed E-state index contributed by atoms with van der Waals surface area (Å²) in [5.41, 5.74) is 5.11. The van der Waals surface area contributed by atoms with Crippen molar-refractivity contribution in [3.05, 3.63) is 90.5 Å². The first-order valence-electron chi connectivity index (χ1n) is 12.6. The highest BCUT2D eigenvalue weighted by Gasteiger charge is 2.85. The van der Waals surface area contributed by atoms with Crippen molar-refractivity contribution in [2.45, 2.75) is 61.3 Å². The van der Waals surface area contributed by atoms with Gasteiger partial charge < -0.3 is 4.90 Å². The van der Waals surface area contributed by atoms with Gasteiger partial charge in [0.2, 0.25) is 0 Å². The number of hydrogen-bond acceptors (Lipinski definition) is 3. The zero-order valence-electron chi connectivity index (χ0n) is 21.7. The lowest BCUT2D eigenvalue weighted by Crippen LogP contribution is -2.63. The first-order valence-corrected chi connectivity index (χ1v) is 14.0. The molecule has 0 unspecified atom stereocenters. The molecule has 0 radical (unpaired) electrons. The summed E-state index contributed by atoms with van der Waals surface area (Å²) in [6, 6.07) is 30.4. The van der Waals surface area contributed by atoms with Crippen LogP contribution >= 0.6 is 0 Å². The summed E-state index contributed by atoms with van der Waals surface area (Å²) in [4.78, 5) is 2.32. The van der Waals surface area contributed by atoms with Crippen molar-refractivity contribution in [1.82, 2.24) is 0 Å². The molecule has 4 nitrogen and oxygen atoms in total. The predicted molar refractivity (Wildman–Crippen MR) is 139 cm³/mol. The van der Waals surface area contributed by atoms with Crippen molar-refractivity contribution < 1.29 is 52.5 Å². The normalized spacial score (nSPS) is 15.5. The van der Waals surface area contributed by atoms with E-state index < -0.39 is 33.4 Å². The smallest absolute Gasteiger partial charge is 0.311 e. The van der Waals surface area contributed by atoms with Gasteiger partial charge in [0.1, 0.15) is 0 Å². The number of nitrogens with zero attached hydrogens (tertiary/aromatic N) is 1. The van der Waals surface area contributed by atoms with E-state index in [1.165, 1.54) is 54.7 Å². The van der Waals surface area contributed by atoms with Gasteiger partial charge in [-0.3, -0.25) is 4.55 Å². The topological polar surface area (TPSA) is 57.6 Å². The van der Waals surface area contributed by atoms with Crippen molar-refractivity contribution >= 4 is 27.2 Å². The van der Waals surface area contributed by atoms with Crippen LogP contribution in [-0.4, -0.2) is 36.2 Å². The van der Waals surface area contributed by atoms with Gasteiger partial charge in [-0.1, -0.05) is 67.8 Å². The van der Waals surface area contributed by atoms with Gasteiger partial charge in [-0.05, 0) is 60.7 Å². The second-order valence-electron chi connectivity index (χ2n) is 9.57. The lowest BCUT2D eigenvalue weighted by Gasteiger charge is -2.31. The molecular formula is C28H26F9NO3S. The second-order valence-corrected chi connectivity index (χ2v) is 11.0. The van der Waals surface area contributed by atoms with Crippen molar-refractivity contribution in [1.29, 1.82) is 0 Å². The van der Waals surface area contributed by atoms with E-state index >= 15 is 0 Å². The molecule has 0 atom stereocenters. The third-order valence-electron chi connectivity index (χ3n) is 6.70. The Bertz CT molecular complexity index is 1350. The Morgan fingerprint density at radius 3 is 1.38 bits per heavy atom. The average molecular weight is 628 g/mol. The number of alkyl halides is 9. The average Bonchev–Trinajstić information content (AvgIpc) is 2.94. The maximum absolute atomic E-state index is 12.2. The SMILES string of the molecule is O=S(=O)(O)C(F)(F)C(F)(F)C(F)(F)C(F)(F)F.c1ccc(N(c2ccccc2)c2ccc(C3CCCCC3)cc2)cc1. The van der Waals surface area contributed by atoms with E-state index in [4.69, 9.17) is 4.55 Å². The Labute approximate surface area is 236 Å². The van der Waals surface area contributed by atoms with Crippen LogP contribution in [0.15, 0.2) is 84.9 Å². The Hall–Kier alpha value is -3.26. The van der Waals surface area contributed by atoms with Crippen LogP contribution < -0.4 is 4.90 Å². The van der Waals surface area contributed by atoms with Crippen LogP contribution in [0.25, 0.3) is 0 Å². The summed E-state index contributed by atoms with van der Waals surface area (Å²) in [6.07, 6.45) is -0.269. The highest BCUT2D eigenvalue weighted by molar-refractivity contribution is 7.87. The van der Waals surface area contributed by atoms with Crippen molar-refractivity contribution in [2.24, 2.45) is 0 Å². The van der Waals surface area contributed by atoms with Gasteiger partial charge in [-0.25, -0.2) is 0 Å². The molecule has 1 N–H and O–H groups in total. The maximum atomic E-state index is 12.2. The number of halogens is 9. The first-order chi connectivity index (χ1) is 19.4. The fourth-order valence-corrected chi connectivity index (χ4v) is 4.91. The zero-order valence-corrected chi connectivity index (χ0v) is 22.5. The van der Waals surface area contributed by atoms with Gasteiger partial charge in [-0.15, -0.1) is 0 Å². The summed E-state index contributed by atoms with van der Waals surface area (Å²) >= 11 is 0. The van der Waals surface area contributed by atoms with Gasteiger partial charge in [0, 0.05) is 17.1 Å². The molecule has 1 saturated carbocycles. The minimum Gasteiger partial charge on any atom is -0.311 e. The van der Waals surface area contributed by atoms with E-state index in [0.717, 1.165) is 5.92 Å². The van der Waals surface area contributed by atoms with Crippen LogP contribution in [0.5, 0.6) is 0 Å². The summed E-state index contributed by atoms with van der Waals surface area (Å²) in [7, 11) is -7.17. The Morgan fingerprint density at radius 2 is 1.00 bits per heavy atom. The monoisotopic (exact) mass is 627 g/mol. The Morgan fingerprint density at radius 1 is 0.595 bits per heavy atom. The highest BCUT2D eigenvalue weighted by Crippen LogP contribution is 2.54. The van der Waals surface area contributed by atoms with Crippen molar-refractivity contribution in [3.63, 3.8) is 0 Å². The number of para-hydroxylation sites is 2. The number of hydrogen-bond donors (Lipinski definition) is 1. The molecule has 1 aliphatic carbocycles. The summed E-state index contributed by atoms with van der Waals surface area (Å²) in [6.45, 7) is 0. The van der Waals surface area contributed by atoms with E-state index in [0.29, 0.717) is 0 Å². The molecule has 230 valence electrons. The number of benzene rings is 3. The molecule has 14 heteroatoms. The third kappa shape index (κ3) is 6.86. The summed E-state index contributed by atoms with van der Waals surface area (Å²) in [5, 5.41) is -7.00. The zero-order chi connectivity index (χ0) is 31.4. The molecule has 0 spiro atoms. The van der Waals surface area contributed by atoms with E-state index in [1.54, 1.807) is 0 Å². The first kappa shape index (κ1) is 33.2. The standard InChI is InChI=1S/C24H25N.C4HF9O3S/c1-4-10-20(11-5-1)21-16-18-24(19-17-21)25(22-12-6-2-7-13-22)23-14-8-3-9-15-23;5-1(6,3(9,10)11)2(7,8)4(12,13)17(14,15)16/h2-3,6-9,12-20H,1,4-5,10-11H2;(H,14,15,16). The van der Waals surface area contributed by atoms with Gasteiger partial charge in [0.25, 0.3) is 0 Å². The van der Waals surface area contributed by atoms with Crippen LogP contribution in [0.2, 0.25) is 0 Å². The molecular weight excluding hydrogens is 601 g/mol. The van der Waals surface area contributed by atoms with Crippen molar-refractivity contribution in [2.75, 3.05) is 4.90 Å². The quantitative estimate of drug-likeness (QED) is 0.209. The molecule has 0 amide bonds. The molecule has 3 aromatic carbocycles. The summed E-state index contributed by atoms with van der Waals surface area (Å²) < 4.78 is 134. The fourth-order valence-electron chi connectivity index (χ4n) is 4.46. The lowest BCUT2D eigenvalue weighted by molar-refractivity contribution is -0.382. The van der Waals surface area contributed by atoms with Crippen LogP contribution in [0.3, 0.4) is 0 Å². The molecule has 1 fully saturated rings. The summed E-state index contributed by atoms with van der Waals surface area (Å²) in [5.74, 6) is -14.0.